The van der Waals surface area contributed by atoms with E-state index in [0.29, 0.717) is 15.7 Å². The van der Waals surface area contributed by atoms with Gasteiger partial charge in [0.25, 0.3) is 11.6 Å². The van der Waals surface area contributed by atoms with Gasteiger partial charge in [0.15, 0.2) is 5.11 Å². The lowest BCUT2D eigenvalue weighted by molar-refractivity contribution is -0.384. The minimum Gasteiger partial charge on any atom is -0.331 e. The van der Waals surface area contributed by atoms with Crippen LogP contribution in [-0.4, -0.2) is 15.9 Å². The van der Waals surface area contributed by atoms with Gasteiger partial charge >= 0.3 is 0 Å². The van der Waals surface area contributed by atoms with E-state index in [1.807, 2.05) is 12.1 Å². The maximum atomic E-state index is 12.3. The number of benzene rings is 2. The molecule has 2 rings (SSSR count). The largest absolute Gasteiger partial charge is 0.331 e. The van der Waals surface area contributed by atoms with Crippen molar-refractivity contribution in [2.24, 2.45) is 0 Å². The zero-order valence-electron chi connectivity index (χ0n) is 14.5. The highest BCUT2D eigenvalue weighted by molar-refractivity contribution is 9.10. The standard InChI is InChI=1S/C18H18BrN3O3S/c1-18(2,3)12-6-4-11(5-7-12)16(23)21-17(26)20-15-9-8-13(22(24)25)10-14(15)19/h4-10H,1-3H3,(H2,20,21,23,26). The number of nitrogens with zero attached hydrogens (tertiary/aromatic N) is 1. The van der Waals surface area contributed by atoms with E-state index in [-0.39, 0.29) is 22.1 Å². The number of carbonyl (C=O) groups is 1. The van der Waals surface area contributed by atoms with Crippen molar-refractivity contribution in [3.05, 3.63) is 68.2 Å². The Labute approximate surface area is 165 Å². The molecule has 0 aromatic heterocycles. The summed E-state index contributed by atoms with van der Waals surface area (Å²) in [6, 6.07) is 11.6. The van der Waals surface area contributed by atoms with Crippen LogP contribution in [-0.2, 0) is 5.41 Å². The minimum atomic E-state index is -0.490. The maximum absolute atomic E-state index is 12.3. The number of rotatable bonds is 3. The highest BCUT2D eigenvalue weighted by Crippen LogP contribution is 2.27. The van der Waals surface area contributed by atoms with Crippen LogP contribution in [0.1, 0.15) is 36.7 Å². The van der Waals surface area contributed by atoms with E-state index in [9.17, 15) is 14.9 Å². The highest BCUT2D eigenvalue weighted by Gasteiger charge is 2.15. The van der Waals surface area contributed by atoms with E-state index >= 15 is 0 Å². The second-order valence-corrected chi connectivity index (χ2v) is 7.92. The molecule has 0 aliphatic carbocycles. The summed E-state index contributed by atoms with van der Waals surface area (Å²) in [6.45, 7) is 6.30. The molecule has 0 aliphatic rings. The topological polar surface area (TPSA) is 84.3 Å². The third-order valence-electron chi connectivity index (χ3n) is 3.65. The van der Waals surface area contributed by atoms with Crippen LogP contribution in [0.15, 0.2) is 46.9 Å². The summed E-state index contributed by atoms with van der Waals surface area (Å²) >= 11 is 8.39. The number of amides is 1. The van der Waals surface area contributed by atoms with Crippen LogP contribution >= 0.6 is 28.1 Å². The third-order valence-corrected chi connectivity index (χ3v) is 4.51. The predicted octanol–water partition coefficient (Wildman–Crippen LogP) is 4.78. The Hall–Kier alpha value is -2.32. The van der Waals surface area contributed by atoms with Crippen LogP contribution < -0.4 is 10.6 Å². The smallest absolute Gasteiger partial charge is 0.270 e. The van der Waals surface area contributed by atoms with Gasteiger partial charge in [-0.15, -0.1) is 0 Å². The molecule has 136 valence electrons. The zero-order chi connectivity index (χ0) is 19.5. The second kappa shape index (κ2) is 7.92. The molecule has 0 fully saturated rings. The van der Waals surface area contributed by atoms with Gasteiger partial charge in [0.2, 0.25) is 0 Å². The van der Waals surface area contributed by atoms with Crippen molar-refractivity contribution in [1.29, 1.82) is 0 Å². The summed E-state index contributed by atoms with van der Waals surface area (Å²) in [5.74, 6) is -0.332. The first-order valence-corrected chi connectivity index (χ1v) is 8.95. The van der Waals surface area contributed by atoms with Crippen LogP contribution in [0.3, 0.4) is 0 Å². The van der Waals surface area contributed by atoms with Gasteiger partial charge in [0.05, 0.1) is 10.6 Å². The van der Waals surface area contributed by atoms with Crippen molar-refractivity contribution >= 4 is 50.5 Å². The first kappa shape index (κ1) is 20.0. The molecule has 1 amide bonds. The van der Waals surface area contributed by atoms with Crippen molar-refractivity contribution < 1.29 is 9.72 Å². The maximum Gasteiger partial charge on any atom is 0.270 e. The number of hydrogen-bond donors (Lipinski definition) is 2. The van der Waals surface area contributed by atoms with Gasteiger partial charge in [-0.25, -0.2) is 0 Å². The van der Waals surface area contributed by atoms with E-state index in [1.165, 1.54) is 18.2 Å². The van der Waals surface area contributed by atoms with Gasteiger partial charge in [-0.3, -0.25) is 20.2 Å². The molecule has 0 heterocycles. The average Bonchev–Trinajstić information content (AvgIpc) is 2.55. The fourth-order valence-electron chi connectivity index (χ4n) is 2.17. The SMILES string of the molecule is CC(C)(C)c1ccc(C(=O)NC(=S)Nc2ccc([N+](=O)[O-])cc2Br)cc1. The molecular weight excluding hydrogens is 418 g/mol. The molecule has 2 aromatic carbocycles. The molecule has 0 saturated heterocycles. The van der Waals surface area contributed by atoms with Crippen LogP contribution in [0.5, 0.6) is 0 Å². The van der Waals surface area contributed by atoms with E-state index in [4.69, 9.17) is 12.2 Å². The first-order valence-electron chi connectivity index (χ1n) is 7.75. The number of nitro groups is 1. The first-order chi connectivity index (χ1) is 12.1. The number of hydrogen-bond acceptors (Lipinski definition) is 4. The normalized spacial score (nSPS) is 10.9. The lowest BCUT2D eigenvalue weighted by atomic mass is 9.87. The fourth-order valence-corrected chi connectivity index (χ4v) is 2.84. The average molecular weight is 436 g/mol. The molecule has 8 heteroatoms. The molecule has 0 aliphatic heterocycles. The molecular formula is C18H18BrN3O3S. The van der Waals surface area contributed by atoms with E-state index in [0.717, 1.165) is 5.56 Å². The second-order valence-electron chi connectivity index (χ2n) is 6.66. The Morgan fingerprint density at radius 3 is 2.27 bits per heavy atom. The molecule has 0 saturated carbocycles. The van der Waals surface area contributed by atoms with Gasteiger partial charge in [-0.2, -0.15) is 0 Å². The Morgan fingerprint density at radius 1 is 1.15 bits per heavy atom. The molecule has 0 atom stereocenters. The zero-order valence-corrected chi connectivity index (χ0v) is 16.9. The number of halogens is 1. The van der Waals surface area contributed by atoms with Crippen LogP contribution in [0.2, 0.25) is 0 Å². The predicted molar refractivity (Wildman–Crippen MR) is 110 cm³/mol. The third kappa shape index (κ3) is 5.09. The summed E-state index contributed by atoms with van der Waals surface area (Å²) < 4.78 is 0.470. The number of anilines is 1. The van der Waals surface area contributed by atoms with Gasteiger partial charge in [0.1, 0.15) is 0 Å². The molecule has 0 unspecified atom stereocenters. The number of thiocarbonyl (C=S) groups is 1. The number of nitro benzene ring substituents is 1. The number of carbonyl (C=O) groups excluding carboxylic acids is 1. The minimum absolute atomic E-state index is 0.00800. The van der Waals surface area contributed by atoms with Crippen molar-refractivity contribution in [1.82, 2.24) is 5.32 Å². The van der Waals surface area contributed by atoms with E-state index in [1.54, 1.807) is 12.1 Å². The summed E-state index contributed by atoms with van der Waals surface area (Å²) in [4.78, 5) is 22.6. The van der Waals surface area contributed by atoms with E-state index < -0.39 is 4.92 Å². The van der Waals surface area contributed by atoms with Crippen LogP contribution in [0.4, 0.5) is 11.4 Å². The van der Waals surface area contributed by atoms with Crippen molar-refractivity contribution in [3.8, 4) is 0 Å². The quantitative estimate of drug-likeness (QED) is 0.411. The van der Waals surface area contributed by atoms with Gasteiger partial charge < -0.3 is 5.32 Å². The molecule has 2 aromatic rings. The Bertz CT molecular complexity index is 861. The summed E-state index contributed by atoms with van der Waals surface area (Å²) in [6.07, 6.45) is 0. The Balaban J connectivity index is 2.03. The Kier molecular flexibility index (Phi) is 6.09. The summed E-state index contributed by atoms with van der Waals surface area (Å²) in [7, 11) is 0. The summed E-state index contributed by atoms with van der Waals surface area (Å²) in [5, 5.41) is 16.3. The summed E-state index contributed by atoms with van der Waals surface area (Å²) in [5.41, 5.74) is 2.10. The number of nitrogens with one attached hydrogen (secondary N) is 2. The molecule has 6 nitrogen and oxygen atoms in total. The molecule has 0 radical (unpaired) electrons. The highest BCUT2D eigenvalue weighted by atomic mass is 79.9. The molecule has 2 N–H and O–H groups in total. The number of non-ortho nitro benzene ring substituents is 1. The lowest BCUT2D eigenvalue weighted by Crippen LogP contribution is -2.34. The molecule has 0 spiro atoms. The van der Waals surface area contributed by atoms with Gasteiger partial charge in [-0.05, 0) is 57.3 Å². The monoisotopic (exact) mass is 435 g/mol. The van der Waals surface area contributed by atoms with Crippen molar-refractivity contribution in [2.45, 2.75) is 26.2 Å². The Morgan fingerprint density at radius 2 is 1.77 bits per heavy atom. The van der Waals surface area contributed by atoms with Crippen LogP contribution in [0, 0.1) is 10.1 Å². The van der Waals surface area contributed by atoms with Crippen molar-refractivity contribution in [3.63, 3.8) is 0 Å². The van der Waals surface area contributed by atoms with E-state index in [2.05, 4.69) is 47.3 Å². The fraction of sp³-hybridized carbons (Fsp3) is 0.222. The molecule has 0 bridgehead atoms. The lowest BCUT2D eigenvalue weighted by Gasteiger charge is -2.19. The van der Waals surface area contributed by atoms with Gasteiger partial charge in [-0.1, -0.05) is 32.9 Å². The van der Waals surface area contributed by atoms with Crippen LogP contribution in [0.25, 0.3) is 0 Å². The molecule has 26 heavy (non-hydrogen) atoms. The van der Waals surface area contributed by atoms with Crippen molar-refractivity contribution in [2.75, 3.05) is 5.32 Å². The van der Waals surface area contributed by atoms with Gasteiger partial charge in [0, 0.05) is 22.2 Å².